The van der Waals surface area contributed by atoms with E-state index in [0.29, 0.717) is 22.0 Å². The number of rotatable bonds is 3. The molecule has 0 saturated carbocycles. The number of benzene rings is 2. The average Bonchev–Trinajstić information content (AvgIpc) is 2.36. The Morgan fingerprint density at radius 2 is 2.05 bits per heavy atom. The summed E-state index contributed by atoms with van der Waals surface area (Å²) in [5, 5.41) is 9.29. The lowest BCUT2D eigenvalue weighted by atomic mass is 10.2. The average molecular weight is 293 g/mol. The molecule has 0 aliphatic heterocycles. The molecule has 2 aromatic rings. The van der Waals surface area contributed by atoms with E-state index in [1.54, 1.807) is 24.3 Å². The van der Waals surface area contributed by atoms with Gasteiger partial charge in [0, 0.05) is 21.4 Å². The van der Waals surface area contributed by atoms with Gasteiger partial charge in [-0.25, -0.2) is 4.39 Å². The van der Waals surface area contributed by atoms with Gasteiger partial charge in [-0.1, -0.05) is 17.7 Å². The van der Waals surface area contributed by atoms with Crippen molar-refractivity contribution in [1.82, 2.24) is 0 Å². The molecular weight excluding hydrogens is 283 g/mol. The number of nitrogen functional groups attached to an aromatic ring is 1. The lowest BCUT2D eigenvalue weighted by Gasteiger charge is -2.06. The van der Waals surface area contributed by atoms with Crippen molar-refractivity contribution >= 4 is 29.1 Å². The van der Waals surface area contributed by atoms with Crippen LogP contribution in [0.25, 0.3) is 0 Å². The third kappa shape index (κ3) is 3.63. The van der Waals surface area contributed by atoms with Gasteiger partial charge in [-0.15, -0.1) is 11.8 Å². The second-order valence-corrected chi connectivity index (χ2v) is 5.38. The highest BCUT2D eigenvalue weighted by Crippen LogP contribution is 2.29. The molecule has 0 unspecified atom stereocenters. The normalized spacial score (nSPS) is 10.2. The Hall–Kier alpha value is -1.70. The molecule has 0 aliphatic carbocycles. The van der Waals surface area contributed by atoms with Gasteiger partial charge in [-0.2, -0.15) is 5.26 Å². The molecule has 0 aromatic heterocycles. The van der Waals surface area contributed by atoms with Gasteiger partial charge in [0.15, 0.2) is 0 Å². The summed E-state index contributed by atoms with van der Waals surface area (Å²) in [6.45, 7) is 0. The van der Waals surface area contributed by atoms with Gasteiger partial charge in [0.25, 0.3) is 0 Å². The molecule has 19 heavy (non-hydrogen) atoms. The fourth-order valence-corrected chi connectivity index (χ4v) is 2.88. The summed E-state index contributed by atoms with van der Waals surface area (Å²) in [6.07, 6.45) is 0. The van der Waals surface area contributed by atoms with Crippen LogP contribution in [0.5, 0.6) is 0 Å². The Morgan fingerprint density at radius 1 is 1.26 bits per heavy atom. The second kappa shape index (κ2) is 5.96. The zero-order valence-electron chi connectivity index (χ0n) is 9.86. The van der Waals surface area contributed by atoms with Crippen molar-refractivity contribution in [3.63, 3.8) is 0 Å². The Balaban J connectivity index is 2.12. The van der Waals surface area contributed by atoms with E-state index in [4.69, 9.17) is 22.6 Å². The molecule has 0 saturated heterocycles. The minimum atomic E-state index is -0.353. The van der Waals surface area contributed by atoms with Crippen LogP contribution >= 0.6 is 23.4 Å². The van der Waals surface area contributed by atoms with Crippen molar-refractivity contribution in [2.45, 2.75) is 10.6 Å². The number of nitrogens with two attached hydrogens (primary N) is 1. The van der Waals surface area contributed by atoms with Gasteiger partial charge in [-0.3, -0.25) is 0 Å². The van der Waals surface area contributed by atoms with Crippen molar-refractivity contribution in [1.29, 1.82) is 5.26 Å². The Morgan fingerprint density at radius 3 is 2.68 bits per heavy atom. The Kier molecular flexibility index (Phi) is 4.31. The van der Waals surface area contributed by atoms with E-state index in [2.05, 4.69) is 0 Å². The van der Waals surface area contributed by atoms with Crippen LogP contribution in [-0.4, -0.2) is 0 Å². The van der Waals surface area contributed by atoms with Crippen LogP contribution < -0.4 is 5.73 Å². The maximum atomic E-state index is 13.2. The topological polar surface area (TPSA) is 49.8 Å². The molecule has 0 heterocycles. The third-order valence-electron chi connectivity index (χ3n) is 2.47. The van der Waals surface area contributed by atoms with Crippen molar-refractivity contribution in [2.75, 3.05) is 5.73 Å². The summed E-state index contributed by atoms with van der Waals surface area (Å²) in [4.78, 5) is 0.748. The smallest absolute Gasteiger partial charge is 0.126 e. The summed E-state index contributed by atoms with van der Waals surface area (Å²) in [7, 11) is 0. The molecule has 0 atom stereocenters. The van der Waals surface area contributed by atoms with Gasteiger partial charge in [0.2, 0.25) is 0 Å². The SMILES string of the molecule is N#Cc1ccc(CSc2cc(N)cc(F)c2)c(Cl)c1. The first-order chi connectivity index (χ1) is 9.08. The van der Waals surface area contributed by atoms with E-state index in [1.807, 2.05) is 6.07 Å². The molecule has 0 bridgehead atoms. The molecule has 2 N–H and O–H groups in total. The number of nitrogens with zero attached hydrogens (tertiary/aromatic N) is 1. The summed E-state index contributed by atoms with van der Waals surface area (Å²) in [5.74, 6) is 0.237. The molecule has 5 heteroatoms. The standard InChI is InChI=1S/C14H10ClFN2S/c15-14-3-9(7-17)1-2-10(14)8-19-13-5-11(16)4-12(18)6-13/h1-6H,8,18H2. The second-order valence-electron chi connectivity index (χ2n) is 3.93. The first kappa shape index (κ1) is 13.7. The first-order valence-electron chi connectivity index (χ1n) is 5.46. The Bertz CT molecular complexity index is 632. The van der Waals surface area contributed by atoms with E-state index in [1.165, 1.54) is 23.9 Å². The number of nitriles is 1. The molecule has 0 radical (unpaired) electrons. The number of anilines is 1. The van der Waals surface area contributed by atoms with Gasteiger partial charge in [0.05, 0.1) is 11.6 Å². The van der Waals surface area contributed by atoms with Crippen molar-refractivity contribution in [3.8, 4) is 6.07 Å². The molecule has 0 amide bonds. The van der Waals surface area contributed by atoms with Crippen LogP contribution in [0.3, 0.4) is 0 Å². The molecule has 0 aliphatic rings. The van der Waals surface area contributed by atoms with Crippen molar-refractivity contribution in [3.05, 3.63) is 58.4 Å². The third-order valence-corrected chi connectivity index (χ3v) is 3.85. The number of hydrogen-bond acceptors (Lipinski definition) is 3. The number of hydrogen-bond donors (Lipinski definition) is 1. The fraction of sp³-hybridized carbons (Fsp3) is 0.0714. The van der Waals surface area contributed by atoms with Gasteiger partial charge >= 0.3 is 0 Å². The Labute approximate surface area is 120 Å². The summed E-state index contributed by atoms with van der Waals surface area (Å²) in [6, 6.07) is 11.6. The minimum absolute atomic E-state index is 0.353. The summed E-state index contributed by atoms with van der Waals surface area (Å²) in [5.41, 5.74) is 7.40. The number of halogens is 2. The molecular formula is C14H10ClFN2S. The van der Waals surface area contributed by atoms with Gasteiger partial charge < -0.3 is 5.73 Å². The predicted molar refractivity (Wildman–Crippen MR) is 76.5 cm³/mol. The monoisotopic (exact) mass is 292 g/mol. The van der Waals surface area contributed by atoms with Crippen LogP contribution in [0.1, 0.15) is 11.1 Å². The fourth-order valence-electron chi connectivity index (χ4n) is 1.56. The van der Waals surface area contributed by atoms with E-state index in [-0.39, 0.29) is 5.82 Å². The highest BCUT2D eigenvalue weighted by molar-refractivity contribution is 7.98. The quantitative estimate of drug-likeness (QED) is 0.680. The zero-order chi connectivity index (χ0) is 13.8. The van der Waals surface area contributed by atoms with Gasteiger partial charge in [0.1, 0.15) is 5.82 Å². The maximum absolute atomic E-state index is 13.2. The largest absolute Gasteiger partial charge is 0.399 e. The molecule has 0 fully saturated rings. The predicted octanol–water partition coefficient (Wildman–Crippen LogP) is 4.23. The summed E-state index contributed by atoms with van der Waals surface area (Å²) >= 11 is 7.52. The lowest BCUT2D eigenvalue weighted by molar-refractivity contribution is 0.625. The minimum Gasteiger partial charge on any atom is -0.399 e. The number of thioether (sulfide) groups is 1. The van der Waals surface area contributed by atoms with Gasteiger partial charge in [-0.05, 0) is 35.9 Å². The molecule has 2 aromatic carbocycles. The van der Waals surface area contributed by atoms with E-state index < -0.39 is 0 Å². The highest BCUT2D eigenvalue weighted by Gasteiger charge is 2.04. The molecule has 2 rings (SSSR count). The maximum Gasteiger partial charge on any atom is 0.126 e. The van der Waals surface area contributed by atoms with E-state index in [0.717, 1.165) is 10.5 Å². The summed E-state index contributed by atoms with van der Waals surface area (Å²) < 4.78 is 13.2. The molecule has 96 valence electrons. The highest BCUT2D eigenvalue weighted by atomic mass is 35.5. The zero-order valence-corrected chi connectivity index (χ0v) is 11.4. The van der Waals surface area contributed by atoms with Crippen molar-refractivity contribution < 1.29 is 4.39 Å². The van der Waals surface area contributed by atoms with Crippen LogP contribution in [-0.2, 0) is 5.75 Å². The van der Waals surface area contributed by atoms with Crippen LogP contribution in [0.15, 0.2) is 41.3 Å². The lowest BCUT2D eigenvalue weighted by Crippen LogP contribution is -1.88. The van der Waals surface area contributed by atoms with Crippen LogP contribution in [0.4, 0.5) is 10.1 Å². The van der Waals surface area contributed by atoms with Crippen molar-refractivity contribution in [2.24, 2.45) is 0 Å². The molecule has 2 nitrogen and oxygen atoms in total. The van der Waals surface area contributed by atoms with E-state index >= 15 is 0 Å². The van der Waals surface area contributed by atoms with E-state index in [9.17, 15) is 4.39 Å². The van der Waals surface area contributed by atoms with Crippen LogP contribution in [0.2, 0.25) is 5.02 Å². The first-order valence-corrected chi connectivity index (χ1v) is 6.82. The molecule has 0 spiro atoms. The van der Waals surface area contributed by atoms with Crippen LogP contribution in [0, 0.1) is 17.1 Å².